The maximum atomic E-state index is 13.1. The van der Waals surface area contributed by atoms with Crippen LogP contribution in [0.4, 0.5) is 0 Å². The van der Waals surface area contributed by atoms with Crippen LogP contribution in [-0.2, 0) is 29.2 Å². The molecule has 1 fully saturated rings. The number of likely N-dealkylation sites (tertiary alicyclic amines) is 1. The number of hydrogen-bond donors (Lipinski definition) is 0. The highest BCUT2D eigenvalue weighted by molar-refractivity contribution is 5.90. The van der Waals surface area contributed by atoms with Gasteiger partial charge >= 0.3 is 0 Å². The van der Waals surface area contributed by atoms with E-state index in [1.165, 1.54) is 0 Å². The van der Waals surface area contributed by atoms with E-state index in [1.807, 2.05) is 35.9 Å². The number of carbonyl (C=O) groups excluding carboxylic acids is 2. The lowest BCUT2D eigenvalue weighted by atomic mass is 10.1. The summed E-state index contributed by atoms with van der Waals surface area (Å²) in [6, 6.07) is 7.09. The molecule has 148 valence electrons. The van der Waals surface area contributed by atoms with Gasteiger partial charge in [0.2, 0.25) is 18.6 Å². The summed E-state index contributed by atoms with van der Waals surface area (Å²) in [5.41, 5.74) is 1.90. The van der Waals surface area contributed by atoms with Gasteiger partial charge in [0, 0.05) is 32.8 Å². The summed E-state index contributed by atoms with van der Waals surface area (Å²) in [6.45, 7) is 3.83. The lowest BCUT2D eigenvalue weighted by Crippen LogP contribution is -2.45. The van der Waals surface area contributed by atoms with Crippen LogP contribution in [0.2, 0.25) is 0 Å². The number of aryl methyl sites for hydroxylation is 1. The van der Waals surface area contributed by atoms with Crippen molar-refractivity contribution >= 4 is 11.8 Å². The van der Waals surface area contributed by atoms with Crippen LogP contribution in [0.5, 0.6) is 11.5 Å². The molecule has 2 aliphatic heterocycles. The number of rotatable bonds is 6. The van der Waals surface area contributed by atoms with Gasteiger partial charge in [-0.05, 0) is 37.1 Å². The number of amides is 2. The number of benzene rings is 1. The molecule has 3 heterocycles. The number of ether oxygens (including phenoxy) is 2. The smallest absolute Gasteiger partial charge is 0.245 e. The summed E-state index contributed by atoms with van der Waals surface area (Å²) in [7, 11) is 1.77. The largest absolute Gasteiger partial charge is 0.454 e. The van der Waals surface area contributed by atoms with Crippen LogP contribution < -0.4 is 9.47 Å². The van der Waals surface area contributed by atoms with Crippen molar-refractivity contribution in [2.24, 2.45) is 0 Å². The minimum absolute atomic E-state index is 0.00279. The Hall–Kier alpha value is -3.03. The van der Waals surface area contributed by atoms with E-state index < -0.39 is 6.04 Å². The molecule has 8 heteroatoms. The molecular weight excluding hydrogens is 360 g/mol. The average Bonchev–Trinajstić information content (AvgIpc) is 3.42. The molecule has 1 unspecified atom stereocenters. The van der Waals surface area contributed by atoms with E-state index >= 15 is 0 Å². The van der Waals surface area contributed by atoms with Crippen LogP contribution in [0.1, 0.15) is 31.0 Å². The van der Waals surface area contributed by atoms with Crippen LogP contribution in [0.3, 0.4) is 0 Å². The highest BCUT2D eigenvalue weighted by Crippen LogP contribution is 2.33. The van der Waals surface area contributed by atoms with Gasteiger partial charge in [0.05, 0.1) is 12.2 Å². The number of nitrogens with zero attached hydrogens (tertiary/aromatic N) is 4. The molecule has 2 aromatic rings. The van der Waals surface area contributed by atoms with E-state index in [0.717, 1.165) is 17.8 Å². The van der Waals surface area contributed by atoms with Crippen molar-refractivity contribution in [1.29, 1.82) is 0 Å². The number of fused-ring (bicyclic) bond motifs is 1. The van der Waals surface area contributed by atoms with Crippen LogP contribution in [-0.4, -0.2) is 51.3 Å². The predicted octanol–water partition coefficient (Wildman–Crippen LogP) is 1.78. The second-order valence-electron chi connectivity index (χ2n) is 7.10. The first-order valence-electron chi connectivity index (χ1n) is 9.50. The first kappa shape index (κ1) is 18.3. The fourth-order valence-corrected chi connectivity index (χ4v) is 3.78. The Morgan fingerprint density at radius 3 is 2.93 bits per heavy atom. The molecule has 2 aliphatic rings. The molecule has 0 radical (unpaired) electrons. The number of carbonyl (C=O) groups is 2. The van der Waals surface area contributed by atoms with Crippen LogP contribution in [0, 0.1) is 0 Å². The number of likely N-dealkylation sites (N-methyl/N-ethyl adjacent to an activating group) is 1. The minimum atomic E-state index is -0.444. The Labute approximate surface area is 163 Å². The Morgan fingerprint density at radius 1 is 1.29 bits per heavy atom. The zero-order valence-electron chi connectivity index (χ0n) is 16.1. The second-order valence-corrected chi connectivity index (χ2v) is 7.10. The molecule has 0 saturated carbocycles. The van der Waals surface area contributed by atoms with Gasteiger partial charge in [-0.2, -0.15) is 5.10 Å². The third-order valence-corrected chi connectivity index (χ3v) is 5.28. The Kier molecular flexibility index (Phi) is 4.93. The Morgan fingerprint density at radius 2 is 2.11 bits per heavy atom. The van der Waals surface area contributed by atoms with E-state index in [1.54, 1.807) is 23.0 Å². The van der Waals surface area contributed by atoms with Crippen LogP contribution in [0.15, 0.2) is 30.5 Å². The normalized spacial score (nSPS) is 18.0. The van der Waals surface area contributed by atoms with Crippen molar-refractivity contribution in [3.05, 3.63) is 41.7 Å². The van der Waals surface area contributed by atoms with Gasteiger partial charge in [-0.15, -0.1) is 0 Å². The first-order valence-corrected chi connectivity index (χ1v) is 9.50. The molecule has 1 atom stereocenters. The molecule has 1 aromatic heterocycles. The van der Waals surface area contributed by atoms with Crippen LogP contribution in [0.25, 0.3) is 0 Å². The standard InChI is InChI=1S/C20H24N4O4/c1-3-24-15(8-9-21-24)12-22(2)20(26)16-5-7-19(25)23(16)11-14-4-6-17-18(10-14)28-13-27-17/h4,6,8-10,16H,3,5,7,11-13H2,1-2H3. The van der Waals surface area contributed by atoms with Gasteiger partial charge in [-0.25, -0.2) is 0 Å². The third-order valence-electron chi connectivity index (χ3n) is 5.28. The zero-order valence-corrected chi connectivity index (χ0v) is 16.1. The molecule has 2 amide bonds. The minimum Gasteiger partial charge on any atom is -0.454 e. The van der Waals surface area contributed by atoms with Gasteiger partial charge in [-0.1, -0.05) is 6.07 Å². The van der Waals surface area contributed by atoms with E-state index in [9.17, 15) is 9.59 Å². The summed E-state index contributed by atoms with van der Waals surface area (Å²) in [4.78, 5) is 28.9. The Bertz CT molecular complexity index is 894. The maximum absolute atomic E-state index is 13.1. The summed E-state index contributed by atoms with van der Waals surface area (Å²) in [5.74, 6) is 1.34. The van der Waals surface area contributed by atoms with Crippen LogP contribution >= 0.6 is 0 Å². The van der Waals surface area contributed by atoms with E-state index in [0.29, 0.717) is 37.4 Å². The second kappa shape index (κ2) is 7.53. The van der Waals surface area contributed by atoms with Crippen molar-refractivity contribution in [2.75, 3.05) is 13.8 Å². The molecule has 8 nitrogen and oxygen atoms in total. The van der Waals surface area contributed by atoms with Gasteiger partial charge in [0.1, 0.15) is 6.04 Å². The van der Waals surface area contributed by atoms with Crippen molar-refractivity contribution in [3.63, 3.8) is 0 Å². The first-order chi connectivity index (χ1) is 13.6. The lowest BCUT2D eigenvalue weighted by Gasteiger charge is -2.28. The average molecular weight is 384 g/mol. The highest BCUT2D eigenvalue weighted by atomic mass is 16.7. The molecule has 1 saturated heterocycles. The van der Waals surface area contributed by atoms with E-state index in [2.05, 4.69) is 5.10 Å². The molecule has 0 bridgehead atoms. The molecule has 0 spiro atoms. The molecule has 28 heavy (non-hydrogen) atoms. The SMILES string of the molecule is CCn1nccc1CN(C)C(=O)C1CCC(=O)N1Cc1ccc2c(c1)OCO2. The number of hydrogen-bond acceptors (Lipinski definition) is 5. The zero-order chi connectivity index (χ0) is 19.7. The molecule has 0 aliphatic carbocycles. The van der Waals surface area contributed by atoms with Gasteiger partial charge in [-0.3, -0.25) is 14.3 Å². The summed E-state index contributed by atoms with van der Waals surface area (Å²) in [6.07, 6.45) is 2.67. The topological polar surface area (TPSA) is 76.9 Å². The molecule has 4 rings (SSSR count). The predicted molar refractivity (Wildman–Crippen MR) is 101 cm³/mol. The summed E-state index contributed by atoms with van der Waals surface area (Å²) < 4.78 is 12.6. The van der Waals surface area contributed by atoms with E-state index in [-0.39, 0.29) is 18.6 Å². The Balaban J connectivity index is 1.46. The van der Waals surface area contributed by atoms with E-state index in [4.69, 9.17) is 9.47 Å². The summed E-state index contributed by atoms with van der Waals surface area (Å²) in [5, 5.41) is 4.25. The fraction of sp³-hybridized carbons (Fsp3) is 0.450. The van der Waals surface area contributed by atoms with Crippen molar-refractivity contribution < 1.29 is 19.1 Å². The molecule has 0 N–H and O–H groups in total. The van der Waals surface area contributed by atoms with Crippen molar-refractivity contribution in [2.45, 2.75) is 45.4 Å². The van der Waals surface area contributed by atoms with Gasteiger partial charge in [0.15, 0.2) is 11.5 Å². The number of aromatic nitrogens is 2. The van der Waals surface area contributed by atoms with Gasteiger partial charge in [0.25, 0.3) is 0 Å². The van der Waals surface area contributed by atoms with Crippen molar-refractivity contribution in [1.82, 2.24) is 19.6 Å². The molecular formula is C20H24N4O4. The van der Waals surface area contributed by atoms with Crippen molar-refractivity contribution in [3.8, 4) is 11.5 Å². The van der Waals surface area contributed by atoms with Gasteiger partial charge < -0.3 is 19.3 Å². The fourth-order valence-electron chi connectivity index (χ4n) is 3.78. The molecule has 1 aromatic carbocycles. The quantitative estimate of drug-likeness (QED) is 0.759. The highest BCUT2D eigenvalue weighted by Gasteiger charge is 2.37. The third kappa shape index (κ3) is 3.42. The monoisotopic (exact) mass is 384 g/mol. The maximum Gasteiger partial charge on any atom is 0.245 e. The lowest BCUT2D eigenvalue weighted by molar-refractivity contribution is -0.141. The summed E-state index contributed by atoms with van der Waals surface area (Å²) >= 11 is 0.